The van der Waals surface area contributed by atoms with E-state index in [1.54, 1.807) is 11.8 Å². The van der Waals surface area contributed by atoms with Gasteiger partial charge in [-0.1, -0.05) is 0 Å². The van der Waals surface area contributed by atoms with E-state index in [1.807, 2.05) is 13.8 Å². The summed E-state index contributed by atoms with van der Waals surface area (Å²) in [5.41, 5.74) is 0. The molecule has 0 unspecified atom stereocenters. The molecule has 0 heterocycles. The van der Waals surface area contributed by atoms with Crippen LogP contribution < -0.4 is 10.6 Å². The van der Waals surface area contributed by atoms with E-state index in [0.717, 1.165) is 31.2 Å². The zero-order chi connectivity index (χ0) is 13.6. The standard InChI is InChI=1S/C12H25N3O2S.HI/c1-4-13-12(15-9-10-18-3)14-8-6-7-11(16)17-5-2;/h4-10H2,1-3H3,(H2,13,14,15);1H. The van der Waals surface area contributed by atoms with Crippen molar-refractivity contribution in [3.63, 3.8) is 0 Å². The van der Waals surface area contributed by atoms with Crippen LogP contribution in [0.15, 0.2) is 4.99 Å². The van der Waals surface area contributed by atoms with E-state index in [4.69, 9.17) is 4.74 Å². The van der Waals surface area contributed by atoms with E-state index in [2.05, 4.69) is 21.9 Å². The summed E-state index contributed by atoms with van der Waals surface area (Å²) in [4.78, 5) is 15.5. The van der Waals surface area contributed by atoms with Gasteiger partial charge in [0.25, 0.3) is 0 Å². The molecule has 0 saturated carbocycles. The quantitative estimate of drug-likeness (QED) is 0.202. The molecule has 7 heteroatoms. The van der Waals surface area contributed by atoms with E-state index < -0.39 is 0 Å². The number of aliphatic imine (C=N–C) groups is 1. The number of ether oxygens (including phenoxy) is 1. The molecule has 0 aromatic rings. The van der Waals surface area contributed by atoms with Gasteiger partial charge < -0.3 is 15.4 Å². The average Bonchev–Trinajstić information content (AvgIpc) is 2.35. The third-order valence-corrected chi connectivity index (χ3v) is 2.67. The molecule has 0 amide bonds. The van der Waals surface area contributed by atoms with Crippen LogP contribution in [-0.4, -0.2) is 50.2 Å². The number of nitrogens with one attached hydrogen (secondary N) is 2. The monoisotopic (exact) mass is 403 g/mol. The normalized spacial score (nSPS) is 10.6. The minimum absolute atomic E-state index is 0. The second-order valence-electron chi connectivity index (χ2n) is 3.59. The SMILES string of the molecule is CCNC(=NCCCC(=O)OCC)NCCSC.I. The van der Waals surface area contributed by atoms with Crippen LogP contribution in [0, 0.1) is 0 Å². The van der Waals surface area contributed by atoms with Crippen molar-refractivity contribution in [2.75, 3.05) is 38.2 Å². The van der Waals surface area contributed by atoms with Gasteiger partial charge >= 0.3 is 5.97 Å². The van der Waals surface area contributed by atoms with Crippen LogP contribution in [0.25, 0.3) is 0 Å². The Kier molecular flexibility index (Phi) is 17.7. The van der Waals surface area contributed by atoms with Gasteiger partial charge in [-0.3, -0.25) is 9.79 Å². The van der Waals surface area contributed by atoms with Crippen molar-refractivity contribution in [3.8, 4) is 0 Å². The van der Waals surface area contributed by atoms with Crippen molar-refractivity contribution in [1.82, 2.24) is 10.6 Å². The summed E-state index contributed by atoms with van der Waals surface area (Å²) >= 11 is 1.79. The zero-order valence-corrected chi connectivity index (χ0v) is 15.2. The van der Waals surface area contributed by atoms with Gasteiger partial charge in [-0.05, 0) is 26.5 Å². The van der Waals surface area contributed by atoms with Crippen LogP contribution in [0.1, 0.15) is 26.7 Å². The molecule has 0 spiro atoms. The Morgan fingerprint density at radius 2 is 2.05 bits per heavy atom. The van der Waals surface area contributed by atoms with Gasteiger partial charge in [0.2, 0.25) is 0 Å². The Labute approximate surface area is 137 Å². The van der Waals surface area contributed by atoms with Crippen molar-refractivity contribution in [1.29, 1.82) is 0 Å². The molecule has 114 valence electrons. The highest BCUT2D eigenvalue weighted by Gasteiger charge is 2.01. The first-order valence-corrected chi connectivity index (χ1v) is 7.80. The first-order chi connectivity index (χ1) is 8.74. The highest BCUT2D eigenvalue weighted by atomic mass is 127. The summed E-state index contributed by atoms with van der Waals surface area (Å²) in [5, 5.41) is 6.40. The molecule has 2 N–H and O–H groups in total. The van der Waals surface area contributed by atoms with Crippen LogP contribution in [0.4, 0.5) is 0 Å². The molecule has 0 aromatic carbocycles. The average molecular weight is 403 g/mol. The lowest BCUT2D eigenvalue weighted by atomic mass is 10.3. The maximum absolute atomic E-state index is 11.1. The summed E-state index contributed by atoms with van der Waals surface area (Å²) in [6.07, 6.45) is 3.23. The topological polar surface area (TPSA) is 62.7 Å². The van der Waals surface area contributed by atoms with Gasteiger partial charge in [-0.2, -0.15) is 11.8 Å². The number of thioether (sulfide) groups is 1. The summed E-state index contributed by atoms with van der Waals surface area (Å²) < 4.78 is 4.85. The van der Waals surface area contributed by atoms with Crippen LogP contribution >= 0.6 is 35.7 Å². The lowest BCUT2D eigenvalue weighted by Gasteiger charge is -2.10. The van der Waals surface area contributed by atoms with Gasteiger partial charge in [0.05, 0.1) is 6.61 Å². The molecule has 0 radical (unpaired) electrons. The predicted octanol–water partition coefficient (Wildman–Crippen LogP) is 1.87. The predicted molar refractivity (Wildman–Crippen MR) is 93.6 cm³/mol. The largest absolute Gasteiger partial charge is 0.466 e. The summed E-state index contributed by atoms with van der Waals surface area (Å²) in [6.45, 7) is 6.65. The van der Waals surface area contributed by atoms with E-state index in [1.165, 1.54) is 0 Å². The Morgan fingerprint density at radius 1 is 1.32 bits per heavy atom. The minimum atomic E-state index is -0.145. The molecule has 0 atom stereocenters. The van der Waals surface area contributed by atoms with Crippen molar-refractivity contribution in [2.24, 2.45) is 4.99 Å². The minimum Gasteiger partial charge on any atom is -0.466 e. The molecule has 0 aromatic heterocycles. The van der Waals surface area contributed by atoms with Crippen LogP contribution in [-0.2, 0) is 9.53 Å². The first-order valence-electron chi connectivity index (χ1n) is 6.41. The van der Waals surface area contributed by atoms with Gasteiger partial charge in [0.1, 0.15) is 0 Å². The number of carbonyl (C=O) groups excluding carboxylic acids is 1. The zero-order valence-electron chi connectivity index (χ0n) is 12.0. The second-order valence-corrected chi connectivity index (χ2v) is 4.57. The number of esters is 1. The maximum atomic E-state index is 11.1. The van der Waals surface area contributed by atoms with Crippen molar-refractivity contribution < 1.29 is 9.53 Å². The van der Waals surface area contributed by atoms with Crippen LogP contribution in [0.3, 0.4) is 0 Å². The lowest BCUT2D eigenvalue weighted by molar-refractivity contribution is -0.143. The molecule has 0 aliphatic heterocycles. The Bertz CT molecular complexity index is 253. The summed E-state index contributed by atoms with van der Waals surface area (Å²) in [6, 6.07) is 0. The molecule has 0 fully saturated rings. The molecule has 5 nitrogen and oxygen atoms in total. The second kappa shape index (κ2) is 15.9. The van der Waals surface area contributed by atoms with E-state index >= 15 is 0 Å². The molecule has 0 rings (SSSR count). The number of hydrogen-bond donors (Lipinski definition) is 2. The van der Waals surface area contributed by atoms with E-state index in [-0.39, 0.29) is 29.9 Å². The highest BCUT2D eigenvalue weighted by molar-refractivity contribution is 14.0. The molecular weight excluding hydrogens is 377 g/mol. The molecule has 0 aliphatic carbocycles. The number of carbonyl (C=O) groups is 1. The maximum Gasteiger partial charge on any atom is 0.305 e. The van der Waals surface area contributed by atoms with Crippen molar-refractivity contribution in [3.05, 3.63) is 0 Å². The number of hydrogen-bond acceptors (Lipinski definition) is 4. The van der Waals surface area contributed by atoms with Gasteiger partial charge in [0.15, 0.2) is 5.96 Å². The van der Waals surface area contributed by atoms with E-state index in [0.29, 0.717) is 19.6 Å². The van der Waals surface area contributed by atoms with Crippen molar-refractivity contribution in [2.45, 2.75) is 26.7 Å². The smallest absolute Gasteiger partial charge is 0.305 e. The fourth-order valence-electron chi connectivity index (χ4n) is 1.26. The fourth-order valence-corrected chi connectivity index (χ4v) is 1.57. The Hall–Kier alpha value is -0.180. The molecule has 0 bridgehead atoms. The Balaban J connectivity index is 0. The first kappa shape index (κ1) is 21.1. The van der Waals surface area contributed by atoms with Gasteiger partial charge in [0, 0.05) is 31.8 Å². The highest BCUT2D eigenvalue weighted by Crippen LogP contribution is 1.93. The number of rotatable bonds is 9. The fraction of sp³-hybridized carbons (Fsp3) is 0.833. The third kappa shape index (κ3) is 14.0. The van der Waals surface area contributed by atoms with Crippen molar-refractivity contribution >= 4 is 47.7 Å². The van der Waals surface area contributed by atoms with E-state index in [9.17, 15) is 4.79 Å². The van der Waals surface area contributed by atoms with Crippen LogP contribution in [0.5, 0.6) is 0 Å². The summed E-state index contributed by atoms with van der Waals surface area (Å²) in [5.74, 6) is 1.72. The molecule has 19 heavy (non-hydrogen) atoms. The Morgan fingerprint density at radius 3 is 2.63 bits per heavy atom. The van der Waals surface area contributed by atoms with Crippen LogP contribution in [0.2, 0.25) is 0 Å². The van der Waals surface area contributed by atoms with Gasteiger partial charge in [-0.25, -0.2) is 0 Å². The van der Waals surface area contributed by atoms with Gasteiger partial charge in [-0.15, -0.1) is 24.0 Å². The molecule has 0 saturated heterocycles. The molecule has 0 aliphatic rings. The molecular formula is C12H26IN3O2S. The number of guanidine groups is 1. The third-order valence-electron chi connectivity index (χ3n) is 2.06. The summed E-state index contributed by atoms with van der Waals surface area (Å²) in [7, 11) is 0. The lowest BCUT2D eigenvalue weighted by Crippen LogP contribution is -2.38. The number of nitrogens with zero attached hydrogens (tertiary/aromatic N) is 1. The number of halogens is 1.